The fraction of sp³-hybridized carbons (Fsp3) is 0.385. The third-order valence-corrected chi connectivity index (χ3v) is 2.78. The number of aliphatic hydroxyl groups excluding tert-OH is 1. The summed E-state index contributed by atoms with van der Waals surface area (Å²) in [4.78, 5) is 3.94. The Labute approximate surface area is 109 Å². The van der Waals surface area contributed by atoms with Crippen LogP contribution in [0.2, 0.25) is 0 Å². The molecule has 0 fully saturated rings. The molecule has 1 N–H and O–H groups in total. The van der Waals surface area contributed by atoms with Crippen molar-refractivity contribution in [3.05, 3.63) is 35.2 Å². The highest BCUT2D eigenvalue weighted by Gasteiger charge is 2.19. The van der Waals surface area contributed by atoms with E-state index in [-0.39, 0.29) is 22.8 Å². The third kappa shape index (κ3) is 2.78. The highest BCUT2D eigenvalue weighted by Crippen LogP contribution is 2.25. The van der Waals surface area contributed by atoms with Crippen LogP contribution in [0.5, 0.6) is 0 Å². The number of aliphatic hydroxyl groups is 1. The summed E-state index contributed by atoms with van der Waals surface area (Å²) in [6.45, 7) is 3.43. The summed E-state index contributed by atoms with van der Waals surface area (Å²) in [5, 5.41) is 13.3. The SMILES string of the molecule is CCCC(O)c1noc(-c2cc(C)c(F)cc2F)n1. The molecule has 102 valence electrons. The van der Waals surface area contributed by atoms with Gasteiger partial charge in [0.15, 0.2) is 0 Å². The van der Waals surface area contributed by atoms with Gasteiger partial charge in [0, 0.05) is 6.07 Å². The van der Waals surface area contributed by atoms with Gasteiger partial charge >= 0.3 is 0 Å². The van der Waals surface area contributed by atoms with Crippen molar-refractivity contribution in [2.45, 2.75) is 32.8 Å². The lowest BCUT2D eigenvalue weighted by Gasteiger charge is -2.02. The minimum atomic E-state index is -0.841. The van der Waals surface area contributed by atoms with Gasteiger partial charge < -0.3 is 9.63 Å². The predicted molar refractivity (Wildman–Crippen MR) is 64.3 cm³/mol. The van der Waals surface area contributed by atoms with Crippen LogP contribution in [-0.4, -0.2) is 15.2 Å². The van der Waals surface area contributed by atoms with E-state index in [4.69, 9.17) is 4.52 Å². The molecule has 1 atom stereocenters. The summed E-state index contributed by atoms with van der Waals surface area (Å²) in [6, 6.07) is 2.07. The fourth-order valence-corrected chi connectivity index (χ4v) is 1.70. The minimum absolute atomic E-state index is 0.0290. The molecule has 1 aromatic carbocycles. The maximum Gasteiger partial charge on any atom is 0.261 e. The molecule has 0 saturated carbocycles. The van der Waals surface area contributed by atoms with Crippen LogP contribution in [-0.2, 0) is 0 Å². The molecule has 0 amide bonds. The number of halogens is 2. The standard InChI is InChI=1S/C13H14F2N2O2/c1-3-4-11(18)12-16-13(19-17-12)8-5-7(2)9(14)6-10(8)15/h5-6,11,18H,3-4H2,1-2H3. The van der Waals surface area contributed by atoms with Gasteiger partial charge in [-0.1, -0.05) is 18.5 Å². The second kappa shape index (κ2) is 5.44. The highest BCUT2D eigenvalue weighted by molar-refractivity contribution is 5.55. The third-order valence-electron chi connectivity index (χ3n) is 2.78. The summed E-state index contributed by atoms with van der Waals surface area (Å²) in [5.74, 6) is -1.36. The van der Waals surface area contributed by atoms with Gasteiger partial charge in [-0.3, -0.25) is 0 Å². The Morgan fingerprint density at radius 1 is 1.32 bits per heavy atom. The molecule has 0 radical (unpaired) electrons. The van der Waals surface area contributed by atoms with Crippen molar-refractivity contribution in [1.29, 1.82) is 0 Å². The van der Waals surface area contributed by atoms with Crippen molar-refractivity contribution >= 4 is 0 Å². The van der Waals surface area contributed by atoms with Crippen molar-refractivity contribution in [3.8, 4) is 11.5 Å². The number of hydrogen-bond donors (Lipinski definition) is 1. The number of nitrogens with zero attached hydrogens (tertiary/aromatic N) is 2. The van der Waals surface area contributed by atoms with E-state index in [1.807, 2.05) is 6.92 Å². The Bertz CT molecular complexity index is 584. The van der Waals surface area contributed by atoms with Gasteiger partial charge in [-0.25, -0.2) is 8.78 Å². The number of aromatic nitrogens is 2. The van der Waals surface area contributed by atoms with Crippen LogP contribution < -0.4 is 0 Å². The molecule has 0 aliphatic heterocycles. The smallest absolute Gasteiger partial charge is 0.261 e. The molecule has 0 saturated heterocycles. The molecule has 1 heterocycles. The van der Waals surface area contributed by atoms with Crippen molar-refractivity contribution in [1.82, 2.24) is 10.1 Å². The zero-order valence-electron chi connectivity index (χ0n) is 10.7. The second-order valence-corrected chi connectivity index (χ2v) is 4.34. The number of aryl methyl sites for hydroxylation is 1. The molecule has 2 aromatic rings. The Hall–Kier alpha value is -1.82. The van der Waals surface area contributed by atoms with Gasteiger partial charge in [0.25, 0.3) is 5.89 Å². The zero-order chi connectivity index (χ0) is 14.0. The first-order valence-electron chi connectivity index (χ1n) is 6.00. The molecular weight excluding hydrogens is 254 g/mol. The predicted octanol–water partition coefficient (Wildman–Crippen LogP) is 3.16. The normalized spacial score (nSPS) is 12.7. The van der Waals surface area contributed by atoms with Crippen molar-refractivity contribution in [2.24, 2.45) is 0 Å². The summed E-state index contributed by atoms with van der Waals surface area (Å²) in [5.41, 5.74) is 0.312. The number of hydrogen-bond acceptors (Lipinski definition) is 4. The number of benzene rings is 1. The molecule has 1 unspecified atom stereocenters. The van der Waals surface area contributed by atoms with Gasteiger partial charge in [0.2, 0.25) is 5.82 Å². The Kier molecular flexibility index (Phi) is 3.90. The molecule has 6 heteroatoms. The van der Waals surface area contributed by atoms with Crippen LogP contribution in [0.1, 0.15) is 37.3 Å². The Morgan fingerprint density at radius 3 is 2.74 bits per heavy atom. The van der Waals surface area contributed by atoms with E-state index < -0.39 is 17.7 Å². The van der Waals surface area contributed by atoms with Gasteiger partial charge in [0.1, 0.15) is 17.7 Å². The first-order valence-corrected chi connectivity index (χ1v) is 6.00. The lowest BCUT2D eigenvalue weighted by atomic mass is 10.1. The summed E-state index contributed by atoms with van der Waals surface area (Å²) < 4.78 is 31.7. The average Bonchev–Trinajstić information content (AvgIpc) is 2.83. The van der Waals surface area contributed by atoms with Crippen LogP contribution in [0.15, 0.2) is 16.7 Å². The fourth-order valence-electron chi connectivity index (χ4n) is 1.70. The van der Waals surface area contributed by atoms with E-state index in [1.54, 1.807) is 0 Å². The van der Waals surface area contributed by atoms with Crippen LogP contribution in [0.3, 0.4) is 0 Å². The Balaban J connectivity index is 2.35. The number of rotatable bonds is 4. The van der Waals surface area contributed by atoms with Gasteiger partial charge in [-0.05, 0) is 25.0 Å². The van der Waals surface area contributed by atoms with Crippen LogP contribution >= 0.6 is 0 Å². The van der Waals surface area contributed by atoms with Crippen LogP contribution in [0, 0.1) is 18.6 Å². The van der Waals surface area contributed by atoms with E-state index in [0.717, 1.165) is 12.5 Å². The summed E-state index contributed by atoms with van der Waals surface area (Å²) in [7, 11) is 0. The molecular formula is C13H14F2N2O2. The lowest BCUT2D eigenvalue weighted by Crippen LogP contribution is -1.99. The molecule has 1 aromatic heterocycles. The van der Waals surface area contributed by atoms with Gasteiger partial charge in [0.05, 0.1) is 5.56 Å². The van der Waals surface area contributed by atoms with E-state index in [2.05, 4.69) is 10.1 Å². The van der Waals surface area contributed by atoms with E-state index in [9.17, 15) is 13.9 Å². The summed E-state index contributed by atoms with van der Waals surface area (Å²) in [6.07, 6.45) is 0.408. The van der Waals surface area contributed by atoms with Crippen molar-refractivity contribution < 1.29 is 18.4 Å². The van der Waals surface area contributed by atoms with Crippen molar-refractivity contribution in [3.63, 3.8) is 0 Å². The maximum absolute atomic E-state index is 13.6. The van der Waals surface area contributed by atoms with E-state index in [1.165, 1.54) is 13.0 Å². The lowest BCUT2D eigenvalue weighted by molar-refractivity contribution is 0.153. The zero-order valence-corrected chi connectivity index (χ0v) is 10.7. The summed E-state index contributed by atoms with van der Waals surface area (Å²) >= 11 is 0. The second-order valence-electron chi connectivity index (χ2n) is 4.34. The van der Waals surface area contributed by atoms with Crippen LogP contribution in [0.4, 0.5) is 8.78 Å². The first-order chi connectivity index (χ1) is 9.02. The topological polar surface area (TPSA) is 59.2 Å². The molecule has 0 bridgehead atoms. The molecule has 4 nitrogen and oxygen atoms in total. The van der Waals surface area contributed by atoms with Gasteiger partial charge in [-0.2, -0.15) is 4.98 Å². The highest BCUT2D eigenvalue weighted by atomic mass is 19.1. The van der Waals surface area contributed by atoms with Gasteiger partial charge in [-0.15, -0.1) is 0 Å². The molecule has 0 aliphatic rings. The molecule has 0 spiro atoms. The molecule has 19 heavy (non-hydrogen) atoms. The quantitative estimate of drug-likeness (QED) is 0.925. The molecule has 2 rings (SSSR count). The van der Waals surface area contributed by atoms with Crippen molar-refractivity contribution in [2.75, 3.05) is 0 Å². The van der Waals surface area contributed by atoms with E-state index in [0.29, 0.717) is 6.42 Å². The largest absolute Gasteiger partial charge is 0.385 e. The maximum atomic E-state index is 13.6. The monoisotopic (exact) mass is 268 g/mol. The first kappa shape index (κ1) is 13.6. The molecule has 0 aliphatic carbocycles. The van der Waals surface area contributed by atoms with E-state index >= 15 is 0 Å². The minimum Gasteiger partial charge on any atom is -0.385 e. The van der Waals surface area contributed by atoms with Crippen LogP contribution in [0.25, 0.3) is 11.5 Å². The average molecular weight is 268 g/mol. The Morgan fingerprint density at radius 2 is 2.05 bits per heavy atom.